The summed E-state index contributed by atoms with van der Waals surface area (Å²) in [4.78, 5) is 36.8. The van der Waals surface area contributed by atoms with Gasteiger partial charge in [0.15, 0.2) is 23.4 Å². The number of benzene rings is 1. The summed E-state index contributed by atoms with van der Waals surface area (Å²) in [5, 5.41) is 21.7. The lowest BCUT2D eigenvalue weighted by atomic mass is 9.58. The average molecular weight is 520 g/mol. The first-order chi connectivity index (χ1) is 17.6. The van der Waals surface area contributed by atoms with Crippen molar-refractivity contribution in [2.45, 2.75) is 89.7 Å². The Balaban J connectivity index is 1.14. The van der Waals surface area contributed by atoms with E-state index in [2.05, 4.69) is 12.2 Å². The second kappa shape index (κ2) is 10.1. The van der Waals surface area contributed by atoms with E-state index in [4.69, 9.17) is 24.0 Å². The molecule has 0 unspecified atom stereocenters. The number of rotatable bonds is 7. The molecule has 5 aliphatic rings. The second-order valence-electron chi connectivity index (χ2n) is 11.2. The maximum atomic E-state index is 12.7. The molecule has 0 aromatic heterocycles. The molecule has 1 aromatic rings. The van der Waals surface area contributed by atoms with Gasteiger partial charge in [0.05, 0.1) is 6.42 Å². The van der Waals surface area contributed by atoms with Gasteiger partial charge in [-0.2, -0.15) is 0 Å². The van der Waals surface area contributed by atoms with Crippen LogP contribution in [0.1, 0.15) is 64.9 Å². The summed E-state index contributed by atoms with van der Waals surface area (Å²) in [6.07, 6.45) is 2.50. The maximum Gasteiger partial charge on any atom is 0.308 e. The minimum absolute atomic E-state index is 0.0112. The Hall–Kier alpha value is -2.40. The van der Waals surface area contributed by atoms with Crippen LogP contribution in [-0.2, 0) is 40.0 Å². The van der Waals surface area contributed by atoms with Crippen LogP contribution in [0.4, 0.5) is 0 Å². The van der Waals surface area contributed by atoms with Crippen LogP contribution in [0.2, 0.25) is 0 Å². The number of esters is 1. The Bertz CT molecular complexity index is 1030. The van der Waals surface area contributed by atoms with E-state index in [-0.39, 0.29) is 48.0 Å². The lowest BCUT2D eigenvalue weighted by molar-refractivity contribution is -0.576. The molecule has 1 spiro atoms. The van der Waals surface area contributed by atoms with E-state index >= 15 is 0 Å². The summed E-state index contributed by atoms with van der Waals surface area (Å²) in [6.45, 7) is 6.44. The molecule has 5 fully saturated rings. The highest BCUT2D eigenvalue weighted by Gasteiger charge is 2.69. The molecule has 37 heavy (non-hydrogen) atoms. The van der Waals surface area contributed by atoms with Crippen molar-refractivity contribution in [3.05, 3.63) is 23.8 Å². The van der Waals surface area contributed by atoms with Crippen molar-refractivity contribution in [2.24, 2.45) is 23.7 Å². The highest BCUT2D eigenvalue weighted by molar-refractivity contribution is 5.81. The molecule has 1 aromatic carbocycles. The first-order valence-corrected chi connectivity index (χ1v) is 13.3. The maximum absolute atomic E-state index is 12.7. The molecule has 2 bridgehead atoms. The van der Waals surface area contributed by atoms with Gasteiger partial charge in [-0.25, -0.2) is 9.78 Å². The van der Waals surface area contributed by atoms with Gasteiger partial charge in [0.25, 0.3) is 0 Å². The molecule has 1 aliphatic carbocycles. The number of carbonyl (C=O) groups is 2. The Morgan fingerprint density at radius 1 is 1.08 bits per heavy atom. The van der Waals surface area contributed by atoms with Crippen LogP contribution in [0.15, 0.2) is 18.2 Å². The van der Waals surface area contributed by atoms with Crippen molar-refractivity contribution in [1.29, 1.82) is 0 Å². The van der Waals surface area contributed by atoms with Gasteiger partial charge in [-0.05, 0) is 62.1 Å². The number of hydrogen-bond donors (Lipinski definition) is 3. The number of ether oxygens (including phenoxy) is 3. The van der Waals surface area contributed by atoms with Crippen LogP contribution in [0.3, 0.4) is 0 Å². The topological polar surface area (TPSA) is 133 Å². The molecular weight excluding hydrogens is 482 g/mol. The Kier molecular flexibility index (Phi) is 7.12. The van der Waals surface area contributed by atoms with Gasteiger partial charge in [-0.3, -0.25) is 9.59 Å². The third-order valence-corrected chi connectivity index (χ3v) is 8.68. The lowest BCUT2D eigenvalue weighted by Crippen LogP contribution is -2.70. The largest absolute Gasteiger partial charge is 0.504 e. The first-order valence-electron chi connectivity index (χ1n) is 13.3. The zero-order chi connectivity index (χ0) is 26.4. The van der Waals surface area contributed by atoms with Gasteiger partial charge in [-0.1, -0.05) is 19.9 Å². The number of nitrogens with one attached hydrogen (secondary N) is 1. The van der Waals surface area contributed by atoms with Crippen molar-refractivity contribution in [1.82, 2.24) is 5.32 Å². The van der Waals surface area contributed by atoms with Gasteiger partial charge in [-0.15, -0.1) is 0 Å². The van der Waals surface area contributed by atoms with Gasteiger partial charge in [0, 0.05) is 31.2 Å². The number of carbonyl (C=O) groups excluding carboxylic acids is 2. The molecule has 4 saturated heterocycles. The SMILES string of the molecule is C[C@H]1[C@H](OC(=O)CCC(=O)NCCc2ccc(O)c(O)c2)O[C@@H]2O[C@]3(C)CC[C@H]4[C@H](C)CC[C@@H]1[C@]24OO3. The van der Waals surface area contributed by atoms with Crippen LogP contribution in [-0.4, -0.2) is 52.6 Å². The molecule has 204 valence electrons. The minimum Gasteiger partial charge on any atom is -0.504 e. The predicted octanol–water partition coefficient (Wildman–Crippen LogP) is 3.29. The molecule has 4 aliphatic heterocycles. The van der Waals surface area contributed by atoms with Gasteiger partial charge < -0.3 is 29.7 Å². The predicted molar refractivity (Wildman–Crippen MR) is 129 cm³/mol. The summed E-state index contributed by atoms with van der Waals surface area (Å²) in [5.74, 6) is -1.47. The normalized spacial score (nSPS) is 38.4. The molecule has 1 amide bonds. The number of amides is 1. The van der Waals surface area contributed by atoms with E-state index in [1.807, 2.05) is 13.8 Å². The number of aromatic hydroxyl groups is 2. The van der Waals surface area contributed by atoms with Gasteiger partial charge >= 0.3 is 5.97 Å². The molecule has 1 saturated carbocycles. The molecule has 4 heterocycles. The van der Waals surface area contributed by atoms with Crippen molar-refractivity contribution in [2.75, 3.05) is 6.54 Å². The molecular formula is C27H37NO9. The summed E-state index contributed by atoms with van der Waals surface area (Å²) >= 11 is 0. The summed E-state index contributed by atoms with van der Waals surface area (Å²) in [7, 11) is 0. The number of fused-ring (bicyclic) bond motifs is 2. The summed E-state index contributed by atoms with van der Waals surface area (Å²) in [6, 6.07) is 4.52. The quantitative estimate of drug-likeness (QED) is 0.282. The van der Waals surface area contributed by atoms with E-state index in [1.54, 1.807) is 6.07 Å². The number of phenols is 2. The Morgan fingerprint density at radius 2 is 1.89 bits per heavy atom. The van der Waals surface area contributed by atoms with E-state index in [0.29, 0.717) is 25.3 Å². The fraction of sp³-hybridized carbons (Fsp3) is 0.704. The number of hydrogen-bond acceptors (Lipinski definition) is 9. The number of phenolic OH excluding ortho intramolecular Hbond substituents is 2. The lowest BCUT2D eigenvalue weighted by Gasteiger charge is -2.59. The van der Waals surface area contributed by atoms with Crippen molar-refractivity contribution >= 4 is 11.9 Å². The van der Waals surface area contributed by atoms with Crippen LogP contribution in [0, 0.1) is 23.7 Å². The van der Waals surface area contributed by atoms with E-state index in [1.165, 1.54) is 12.1 Å². The molecule has 10 nitrogen and oxygen atoms in total. The zero-order valence-electron chi connectivity index (χ0n) is 21.6. The zero-order valence-corrected chi connectivity index (χ0v) is 21.6. The van der Waals surface area contributed by atoms with Crippen molar-refractivity contribution in [3.8, 4) is 11.5 Å². The highest BCUT2D eigenvalue weighted by Crippen LogP contribution is 2.60. The third-order valence-electron chi connectivity index (χ3n) is 8.68. The first kappa shape index (κ1) is 26.2. The Labute approximate surface area is 216 Å². The van der Waals surface area contributed by atoms with E-state index in [9.17, 15) is 19.8 Å². The van der Waals surface area contributed by atoms with Gasteiger partial charge in [0.2, 0.25) is 18.0 Å². The monoisotopic (exact) mass is 519 g/mol. The fourth-order valence-corrected chi connectivity index (χ4v) is 6.57. The molecule has 3 N–H and O–H groups in total. The van der Waals surface area contributed by atoms with Crippen molar-refractivity contribution < 1.29 is 43.8 Å². The van der Waals surface area contributed by atoms with Crippen LogP contribution >= 0.6 is 0 Å². The molecule has 6 rings (SSSR count). The average Bonchev–Trinajstić information content (AvgIpc) is 3.09. The summed E-state index contributed by atoms with van der Waals surface area (Å²) < 4.78 is 18.3. The molecule has 10 heteroatoms. The van der Waals surface area contributed by atoms with Gasteiger partial charge in [0.1, 0.15) is 0 Å². The fourth-order valence-electron chi connectivity index (χ4n) is 6.57. The Morgan fingerprint density at radius 3 is 2.68 bits per heavy atom. The highest BCUT2D eigenvalue weighted by atomic mass is 17.3. The molecule has 0 radical (unpaired) electrons. The van der Waals surface area contributed by atoms with E-state index < -0.39 is 29.9 Å². The van der Waals surface area contributed by atoms with Crippen LogP contribution in [0.5, 0.6) is 11.5 Å². The van der Waals surface area contributed by atoms with Crippen LogP contribution in [0.25, 0.3) is 0 Å². The minimum atomic E-state index is -0.899. The standard InChI is InChI=1S/C27H37NO9/c1-15-4-6-19-16(2)24(34-25-27(19)18(15)10-12-26(3,35-25)36-37-27)33-23(32)9-8-22(31)28-13-11-17-5-7-20(29)21(30)14-17/h5,7,14-16,18-19,24-25,29-30H,4,6,8-13H2,1-3H3,(H,28,31)/t15-,16-,18+,19+,24-,25-,26+,27+/m1/s1. The summed E-state index contributed by atoms with van der Waals surface area (Å²) in [5.41, 5.74) is 0.0534. The molecule has 8 atom stereocenters. The smallest absolute Gasteiger partial charge is 0.308 e. The van der Waals surface area contributed by atoms with E-state index in [0.717, 1.165) is 24.8 Å². The second-order valence-corrected chi connectivity index (χ2v) is 11.2. The van der Waals surface area contributed by atoms with Crippen molar-refractivity contribution in [3.63, 3.8) is 0 Å². The third kappa shape index (κ3) is 4.92. The van der Waals surface area contributed by atoms with Crippen LogP contribution < -0.4 is 5.32 Å².